The van der Waals surface area contributed by atoms with Crippen LogP contribution >= 0.6 is 0 Å². The molecule has 0 atom stereocenters. The van der Waals surface area contributed by atoms with Crippen LogP contribution in [0.4, 0.5) is 0 Å². The van der Waals surface area contributed by atoms with Crippen LogP contribution in [0, 0.1) is 0 Å². The van der Waals surface area contributed by atoms with E-state index in [1.807, 2.05) is 0 Å². The van der Waals surface area contributed by atoms with Crippen molar-refractivity contribution in [2.45, 2.75) is 181 Å². The van der Waals surface area contributed by atoms with Crippen LogP contribution in [0.5, 0.6) is 0 Å². The standard InChI is InChI=1S/C31H65N/c1-4-7-10-12-14-16-18-20-22-24-27-30-32(29-26-9-6-3)31-28-25-23-21-19-17-15-13-11-8-5-2/h4-31H2,1-3H3. The summed E-state index contributed by atoms with van der Waals surface area (Å²) < 4.78 is 0. The van der Waals surface area contributed by atoms with Gasteiger partial charge < -0.3 is 4.90 Å². The first kappa shape index (κ1) is 32.0. The van der Waals surface area contributed by atoms with Gasteiger partial charge in [-0.15, -0.1) is 0 Å². The molecule has 0 aromatic heterocycles. The van der Waals surface area contributed by atoms with E-state index in [1.54, 1.807) is 0 Å². The molecule has 0 saturated carbocycles. The molecule has 0 aliphatic heterocycles. The first-order valence-corrected chi connectivity index (χ1v) is 15.6. The Kier molecular flexibility index (Phi) is 29.0. The van der Waals surface area contributed by atoms with Crippen molar-refractivity contribution in [3.8, 4) is 0 Å². The molecule has 0 aliphatic rings. The third-order valence-corrected chi connectivity index (χ3v) is 7.23. The Morgan fingerprint density at radius 1 is 0.250 bits per heavy atom. The monoisotopic (exact) mass is 452 g/mol. The van der Waals surface area contributed by atoms with E-state index in [1.165, 1.54) is 180 Å². The molecule has 1 nitrogen and oxygen atoms in total. The van der Waals surface area contributed by atoms with Gasteiger partial charge in [-0.25, -0.2) is 0 Å². The number of hydrogen-bond donors (Lipinski definition) is 0. The third-order valence-electron chi connectivity index (χ3n) is 7.23. The summed E-state index contributed by atoms with van der Waals surface area (Å²) in [6.07, 6.45) is 36.2. The molecule has 0 spiro atoms. The molecular formula is C31H65N. The van der Waals surface area contributed by atoms with Crippen molar-refractivity contribution in [3.63, 3.8) is 0 Å². The van der Waals surface area contributed by atoms with Crippen LogP contribution in [-0.4, -0.2) is 24.5 Å². The van der Waals surface area contributed by atoms with Crippen molar-refractivity contribution in [1.29, 1.82) is 0 Å². The van der Waals surface area contributed by atoms with E-state index in [2.05, 4.69) is 25.7 Å². The number of hydrogen-bond acceptors (Lipinski definition) is 1. The highest BCUT2D eigenvalue weighted by Crippen LogP contribution is 2.14. The lowest BCUT2D eigenvalue weighted by Gasteiger charge is -2.22. The summed E-state index contributed by atoms with van der Waals surface area (Å²) in [5.74, 6) is 0. The van der Waals surface area contributed by atoms with Crippen molar-refractivity contribution in [3.05, 3.63) is 0 Å². The van der Waals surface area contributed by atoms with Crippen molar-refractivity contribution in [2.75, 3.05) is 19.6 Å². The Morgan fingerprint density at radius 2 is 0.438 bits per heavy atom. The quantitative estimate of drug-likeness (QED) is 0.107. The van der Waals surface area contributed by atoms with Gasteiger partial charge in [0.05, 0.1) is 0 Å². The Labute approximate surface area is 205 Å². The molecule has 0 unspecified atom stereocenters. The molecule has 32 heavy (non-hydrogen) atoms. The first-order chi connectivity index (χ1) is 15.8. The zero-order valence-electron chi connectivity index (χ0n) is 23.2. The Bertz CT molecular complexity index is 288. The van der Waals surface area contributed by atoms with E-state index in [0.717, 1.165) is 0 Å². The molecular weight excluding hydrogens is 386 g/mol. The maximum absolute atomic E-state index is 2.80. The molecule has 1 heteroatoms. The van der Waals surface area contributed by atoms with E-state index >= 15 is 0 Å². The summed E-state index contributed by atoms with van der Waals surface area (Å²) >= 11 is 0. The van der Waals surface area contributed by atoms with Crippen LogP contribution < -0.4 is 0 Å². The van der Waals surface area contributed by atoms with Crippen LogP contribution in [0.2, 0.25) is 0 Å². The van der Waals surface area contributed by atoms with Crippen molar-refractivity contribution in [2.24, 2.45) is 0 Å². The molecule has 0 radical (unpaired) electrons. The topological polar surface area (TPSA) is 3.24 Å². The minimum atomic E-state index is 1.35. The highest BCUT2D eigenvalue weighted by atomic mass is 15.1. The van der Waals surface area contributed by atoms with E-state index in [4.69, 9.17) is 0 Å². The number of unbranched alkanes of at least 4 members (excludes halogenated alkanes) is 22. The molecule has 0 heterocycles. The summed E-state index contributed by atoms with van der Waals surface area (Å²) in [5, 5.41) is 0. The summed E-state index contributed by atoms with van der Waals surface area (Å²) in [6.45, 7) is 11.0. The van der Waals surface area contributed by atoms with Gasteiger partial charge in [-0.1, -0.05) is 162 Å². The Hall–Kier alpha value is -0.0400. The van der Waals surface area contributed by atoms with Crippen LogP contribution in [-0.2, 0) is 0 Å². The fourth-order valence-corrected chi connectivity index (χ4v) is 4.92. The Balaban J connectivity index is 3.59. The summed E-state index contributed by atoms with van der Waals surface area (Å²) in [5.41, 5.74) is 0. The smallest absolute Gasteiger partial charge is 0.00187 e. The summed E-state index contributed by atoms with van der Waals surface area (Å²) in [6, 6.07) is 0. The molecule has 0 aromatic rings. The van der Waals surface area contributed by atoms with Crippen LogP contribution in [0.1, 0.15) is 181 Å². The molecule has 0 aromatic carbocycles. The molecule has 0 amide bonds. The lowest BCUT2D eigenvalue weighted by Crippen LogP contribution is -2.27. The highest BCUT2D eigenvalue weighted by molar-refractivity contribution is 4.60. The second-order valence-corrected chi connectivity index (χ2v) is 10.6. The second-order valence-electron chi connectivity index (χ2n) is 10.6. The van der Waals surface area contributed by atoms with Crippen LogP contribution in [0.15, 0.2) is 0 Å². The van der Waals surface area contributed by atoms with Gasteiger partial charge in [0.2, 0.25) is 0 Å². The summed E-state index contributed by atoms with van der Waals surface area (Å²) in [4.78, 5) is 2.80. The average molecular weight is 452 g/mol. The maximum Gasteiger partial charge on any atom is -0.00187 e. The molecule has 0 bridgehead atoms. The predicted molar refractivity (Wildman–Crippen MR) is 149 cm³/mol. The fraction of sp³-hybridized carbons (Fsp3) is 1.00. The van der Waals surface area contributed by atoms with Crippen molar-refractivity contribution in [1.82, 2.24) is 4.90 Å². The van der Waals surface area contributed by atoms with Crippen LogP contribution in [0.3, 0.4) is 0 Å². The van der Waals surface area contributed by atoms with E-state index in [9.17, 15) is 0 Å². The first-order valence-electron chi connectivity index (χ1n) is 15.6. The summed E-state index contributed by atoms with van der Waals surface area (Å²) in [7, 11) is 0. The van der Waals surface area contributed by atoms with Gasteiger partial charge >= 0.3 is 0 Å². The zero-order chi connectivity index (χ0) is 23.4. The highest BCUT2D eigenvalue weighted by Gasteiger charge is 2.04. The average Bonchev–Trinajstić information content (AvgIpc) is 2.80. The van der Waals surface area contributed by atoms with E-state index < -0.39 is 0 Å². The van der Waals surface area contributed by atoms with Gasteiger partial charge in [-0.3, -0.25) is 0 Å². The van der Waals surface area contributed by atoms with E-state index in [-0.39, 0.29) is 0 Å². The van der Waals surface area contributed by atoms with Crippen molar-refractivity contribution < 1.29 is 0 Å². The minimum absolute atomic E-state index is 1.35. The SMILES string of the molecule is CCCCCCCCCCCCCN(CCCCC)CCCCCCCCCCCCC. The molecule has 194 valence electrons. The van der Waals surface area contributed by atoms with Gasteiger partial charge in [0.15, 0.2) is 0 Å². The zero-order valence-corrected chi connectivity index (χ0v) is 23.2. The fourth-order valence-electron chi connectivity index (χ4n) is 4.92. The normalized spacial score (nSPS) is 11.6. The van der Waals surface area contributed by atoms with Gasteiger partial charge in [0.1, 0.15) is 0 Å². The molecule has 0 N–H and O–H groups in total. The van der Waals surface area contributed by atoms with Gasteiger partial charge in [0, 0.05) is 0 Å². The lowest BCUT2D eigenvalue weighted by atomic mass is 10.1. The Morgan fingerprint density at radius 3 is 0.719 bits per heavy atom. The van der Waals surface area contributed by atoms with Gasteiger partial charge in [0.25, 0.3) is 0 Å². The molecule has 0 saturated heterocycles. The molecule has 0 aliphatic carbocycles. The minimum Gasteiger partial charge on any atom is -0.303 e. The van der Waals surface area contributed by atoms with Crippen molar-refractivity contribution >= 4 is 0 Å². The number of nitrogens with zero attached hydrogens (tertiary/aromatic N) is 1. The maximum atomic E-state index is 2.80. The largest absolute Gasteiger partial charge is 0.303 e. The second kappa shape index (κ2) is 29.0. The predicted octanol–water partition coefficient (Wildman–Crippen LogP) is 11.1. The molecule has 0 fully saturated rings. The van der Waals surface area contributed by atoms with Gasteiger partial charge in [-0.05, 0) is 38.9 Å². The molecule has 0 rings (SSSR count). The van der Waals surface area contributed by atoms with Crippen LogP contribution in [0.25, 0.3) is 0 Å². The number of rotatable bonds is 28. The third kappa shape index (κ3) is 26.2. The lowest BCUT2D eigenvalue weighted by molar-refractivity contribution is 0.255. The van der Waals surface area contributed by atoms with E-state index in [0.29, 0.717) is 0 Å². The van der Waals surface area contributed by atoms with Gasteiger partial charge in [-0.2, -0.15) is 0 Å².